The average Bonchev–Trinajstić information content (AvgIpc) is 2.46. The summed E-state index contributed by atoms with van der Waals surface area (Å²) in [4.78, 5) is 14.7. The van der Waals surface area contributed by atoms with Crippen molar-refractivity contribution in [3.05, 3.63) is 29.2 Å². The van der Waals surface area contributed by atoms with Crippen LogP contribution >= 0.6 is 23.2 Å². The minimum atomic E-state index is -0.610. The molecule has 0 N–H and O–H groups in total. The summed E-state index contributed by atoms with van der Waals surface area (Å²) in [5, 5.41) is 3.70. The van der Waals surface area contributed by atoms with Crippen molar-refractivity contribution in [2.75, 3.05) is 0 Å². The largest absolute Gasteiger partial charge is 0.274 e. The van der Waals surface area contributed by atoms with Crippen LogP contribution in [0.15, 0.2) is 18.5 Å². The highest BCUT2D eigenvalue weighted by Gasteiger charge is 2.08. The fraction of sp³-hybridized carbons (Fsp3) is 0. The highest BCUT2D eigenvalue weighted by Crippen LogP contribution is 2.10. The molecule has 66 valence electrons. The predicted octanol–water partition coefficient (Wildman–Crippen LogP) is 1.76. The van der Waals surface area contributed by atoms with Crippen LogP contribution in [0.4, 0.5) is 0 Å². The lowest BCUT2D eigenvalue weighted by Crippen LogP contribution is -1.92. The predicted molar refractivity (Wildman–Crippen MR) is 48.2 cm³/mol. The third kappa shape index (κ3) is 1.50. The second-order valence-electron chi connectivity index (χ2n) is 2.38. The van der Waals surface area contributed by atoms with Crippen LogP contribution in [-0.4, -0.2) is 19.8 Å². The topological polar surface area (TPSA) is 47.3 Å². The van der Waals surface area contributed by atoms with Crippen molar-refractivity contribution >= 4 is 34.1 Å². The zero-order valence-corrected chi connectivity index (χ0v) is 7.75. The Morgan fingerprint density at radius 1 is 1.54 bits per heavy atom. The maximum atomic E-state index is 10.7. The Hall–Kier alpha value is -1.13. The van der Waals surface area contributed by atoms with E-state index in [0.717, 1.165) is 0 Å². The van der Waals surface area contributed by atoms with Gasteiger partial charge in [0.25, 0.3) is 5.24 Å². The van der Waals surface area contributed by atoms with Crippen LogP contribution < -0.4 is 0 Å². The monoisotopic (exact) mass is 215 g/mol. The summed E-state index contributed by atoms with van der Waals surface area (Å²) in [7, 11) is 0. The Morgan fingerprint density at radius 2 is 2.31 bits per heavy atom. The minimum absolute atomic E-state index is 0.163. The van der Waals surface area contributed by atoms with Crippen LogP contribution in [0.5, 0.6) is 0 Å². The SMILES string of the molecule is O=C(Cl)c1cc2ncc(Cl)cn2n1. The Kier molecular flexibility index (Phi) is 1.94. The first kappa shape index (κ1) is 8.47. The van der Waals surface area contributed by atoms with Gasteiger partial charge in [-0.15, -0.1) is 0 Å². The number of rotatable bonds is 1. The molecule has 0 saturated carbocycles. The van der Waals surface area contributed by atoms with E-state index in [4.69, 9.17) is 23.2 Å². The molecule has 2 aromatic heterocycles. The summed E-state index contributed by atoms with van der Waals surface area (Å²) in [6, 6.07) is 1.49. The summed E-state index contributed by atoms with van der Waals surface area (Å²) in [6.45, 7) is 0. The van der Waals surface area contributed by atoms with Crippen molar-refractivity contribution < 1.29 is 4.79 Å². The van der Waals surface area contributed by atoms with Gasteiger partial charge in [0.1, 0.15) is 5.69 Å². The van der Waals surface area contributed by atoms with E-state index >= 15 is 0 Å². The summed E-state index contributed by atoms with van der Waals surface area (Å²) < 4.78 is 1.40. The third-order valence-corrected chi connectivity index (χ3v) is 1.87. The number of halogens is 2. The maximum absolute atomic E-state index is 10.7. The second kappa shape index (κ2) is 2.97. The quantitative estimate of drug-likeness (QED) is 0.682. The molecule has 2 aromatic rings. The smallest absolute Gasteiger partial charge is 0.272 e. The molecular formula is C7H3Cl2N3O. The van der Waals surface area contributed by atoms with Crippen molar-refractivity contribution in [1.82, 2.24) is 14.6 Å². The molecule has 0 atom stereocenters. The van der Waals surface area contributed by atoms with Crippen molar-refractivity contribution in [2.45, 2.75) is 0 Å². The van der Waals surface area contributed by atoms with Gasteiger partial charge in [-0.3, -0.25) is 4.79 Å². The van der Waals surface area contributed by atoms with Crippen LogP contribution in [-0.2, 0) is 0 Å². The van der Waals surface area contributed by atoms with Crippen LogP contribution in [0, 0.1) is 0 Å². The van der Waals surface area contributed by atoms with Crippen molar-refractivity contribution in [3.63, 3.8) is 0 Å². The fourth-order valence-electron chi connectivity index (χ4n) is 0.950. The summed E-state index contributed by atoms with van der Waals surface area (Å²) in [6.07, 6.45) is 3.02. The molecule has 0 bridgehead atoms. The molecule has 0 spiro atoms. The average molecular weight is 216 g/mol. The molecule has 0 aliphatic carbocycles. The fourth-order valence-corrected chi connectivity index (χ4v) is 1.18. The molecule has 0 amide bonds. The molecule has 0 unspecified atom stereocenters. The molecule has 0 aliphatic rings. The molecule has 13 heavy (non-hydrogen) atoms. The molecule has 0 saturated heterocycles. The summed E-state index contributed by atoms with van der Waals surface area (Å²) in [5.41, 5.74) is 0.699. The maximum Gasteiger partial charge on any atom is 0.272 e. The van der Waals surface area contributed by atoms with Gasteiger partial charge in [-0.25, -0.2) is 9.50 Å². The Labute approximate surface area is 83.1 Å². The van der Waals surface area contributed by atoms with Gasteiger partial charge in [-0.2, -0.15) is 5.10 Å². The van der Waals surface area contributed by atoms with E-state index in [1.54, 1.807) is 6.20 Å². The number of carbonyl (C=O) groups excluding carboxylic acids is 1. The molecule has 0 aromatic carbocycles. The molecule has 0 fully saturated rings. The molecule has 0 radical (unpaired) electrons. The third-order valence-electron chi connectivity index (χ3n) is 1.48. The lowest BCUT2D eigenvalue weighted by atomic mass is 10.5. The number of carbonyl (C=O) groups is 1. The molecule has 2 rings (SSSR count). The highest BCUT2D eigenvalue weighted by molar-refractivity contribution is 6.67. The number of hydrogen-bond donors (Lipinski definition) is 0. The first-order valence-corrected chi connectivity index (χ1v) is 4.13. The van der Waals surface area contributed by atoms with Crippen LogP contribution in [0.3, 0.4) is 0 Å². The van der Waals surface area contributed by atoms with Gasteiger partial charge in [0, 0.05) is 12.3 Å². The van der Waals surface area contributed by atoms with Crippen molar-refractivity contribution in [2.24, 2.45) is 0 Å². The number of hydrogen-bond acceptors (Lipinski definition) is 3. The zero-order valence-electron chi connectivity index (χ0n) is 6.24. The van der Waals surface area contributed by atoms with Crippen LogP contribution in [0.25, 0.3) is 5.65 Å². The number of aromatic nitrogens is 3. The van der Waals surface area contributed by atoms with E-state index < -0.39 is 5.24 Å². The molecule has 2 heterocycles. The van der Waals surface area contributed by atoms with Crippen molar-refractivity contribution in [1.29, 1.82) is 0 Å². The Balaban J connectivity index is 2.68. The van der Waals surface area contributed by atoms with E-state index in [0.29, 0.717) is 10.7 Å². The van der Waals surface area contributed by atoms with Gasteiger partial charge in [-0.05, 0) is 11.6 Å². The van der Waals surface area contributed by atoms with Gasteiger partial charge >= 0.3 is 0 Å². The van der Waals surface area contributed by atoms with E-state index in [1.807, 2.05) is 0 Å². The van der Waals surface area contributed by atoms with E-state index in [-0.39, 0.29) is 5.69 Å². The number of nitrogens with zero attached hydrogens (tertiary/aromatic N) is 3. The number of fused-ring (bicyclic) bond motifs is 1. The van der Waals surface area contributed by atoms with Gasteiger partial charge in [0.15, 0.2) is 5.65 Å². The molecule has 6 heteroatoms. The van der Waals surface area contributed by atoms with Crippen molar-refractivity contribution in [3.8, 4) is 0 Å². The molecule has 4 nitrogen and oxygen atoms in total. The standard InChI is InChI=1S/C7H3Cl2N3O/c8-4-2-10-6-1-5(7(9)13)11-12(6)3-4/h1-3H. The Morgan fingerprint density at radius 3 is 3.00 bits per heavy atom. The summed E-state index contributed by atoms with van der Waals surface area (Å²) >= 11 is 10.9. The molecular weight excluding hydrogens is 213 g/mol. The van der Waals surface area contributed by atoms with Gasteiger partial charge in [0.2, 0.25) is 0 Å². The van der Waals surface area contributed by atoms with Gasteiger partial charge < -0.3 is 0 Å². The van der Waals surface area contributed by atoms with Crippen LogP contribution in [0.2, 0.25) is 5.02 Å². The highest BCUT2D eigenvalue weighted by atomic mass is 35.5. The lowest BCUT2D eigenvalue weighted by Gasteiger charge is -1.90. The van der Waals surface area contributed by atoms with Gasteiger partial charge in [0.05, 0.1) is 11.2 Å². The summed E-state index contributed by atoms with van der Waals surface area (Å²) in [5.74, 6) is 0. The lowest BCUT2D eigenvalue weighted by molar-refractivity contribution is 0.107. The van der Waals surface area contributed by atoms with E-state index in [1.165, 1.54) is 16.8 Å². The molecule has 0 aliphatic heterocycles. The first-order chi connectivity index (χ1) is 6.16. The first-order valence-electron chi connectivity index (χ1n) is 3.37. The van der Waals surface area contributed by atoms with Crippen LogP contribution in [0.1, 0.15) is 10.5 Å². The second-order valence-corrected chi connectivity index (χ2v) is 3.16. The Bertz CT molecular complexity index is 480. The minimum Gasteiger partial charge on any atom is -0.274 e. The van der Waals surface area contributed by atoms with E-state index in [2.05, 4.69) is 10.1 Å². The normalized spacial score (nSPS) is 10.6. The zero-order chi connectivity index (χ0) is 9.42. The van der Waals surface area contributed by atoms with Gasteiger partial charge in [-0.1, -0.05) is 11.6 Å². The van der Waals surface area contributed by atoms with E-state index in [9.17, 15) is 4.79 Å².